The van der Waals surface area contributed by atoms with Gasteiger partial charge in [0.15, 0.2) is 0 Å². The number of thiophene rings is 1. The number of methoxy groups -OCH3 is 2. The first kappa shape index (κ1) is 28.0. The number of carbonyl (C=O) groups is 1. The minimum atomic E-state index is 0.00463. The van der Waals surface area contributed by atoms with Crippen molar-refractivity contribution in [3.8, 4) is 22.6 Å². The molecule has 0 bridgehead atoms. The molecule has 0 atom stereocenters. The molecule has 4 aromatic rings. The normalized spacial score (nSPS) is 13.5. The molecule has 0 saturated heterocycles. The van der Waals surface area contributed by atoms with Crippen LogP contribution in [0.5, 0.6) is 11.5 Å². The molecule has 0 radical (unpaired) electrons. The second kappa shape index (κ2) is 13.1. The van der Waals surface area contributed by atoms with Crippen LogP contribution >= 0.6 is 22.9 Å². The van der Waals surface area contributed by atoms with E-state index in [1.165, 1.54) is 24.8 Å². The molecule has 1 aliphatic carbocycles. The molecule has 200 valence electrons. The number of amides is 1. The molecule has 1 saturated carbocycles. The Labute approximate surface area is 234 Å². The van der Waals surface area contributed by atoms with E-state index in [4.69, 9.17) is 21.1 Å². The van der Waals surface area contributed by atoms with Crippen LogP contribution in [0.25, 0.3) is 21.2 Å². The summed E-state index contributed by atoms with van der Waals surface area (Å²) in [6.07, 6.45) is 5.51. The highest BCUT2D eigenvalue weighted by Gasteiger charge is 2.30. The van der Waals surface area contributed by atoms with Crippen molar-refractivity contribution in [2.45, 2.75) is 44.7 Å². The average molecular weight is 551 g/mol. The third-order valence-electron chi connectivity index (χ3n) is 7.05. The number of benzene rings is 3. The van der Waals surface area contributed by atoms with E-state index in [0.717, 1.165) is 64.0 Å². The van der Waals surface area contributed by atoms with Gasteiger partial charge in [-0.1, -0.05) is 67.3 Å². The van der Waals surface area contributed by atoms with Gasteiger partial charge in [-0.3, -0.25) is 4.79 Å². The van der Waals surface area contributed by atoms with E-state index in [1.807, 2.05) is 59.5 Å². The van der Waals surface area contributed by atoms with Gasteiger partial charge in [0.25, 0.3) is 5.91 Å². The summed E-state index contributed by atoms with van der Waals surface area (Å²) in [6, 6.07) is 22.3. The van der Waals surface area contributed by atoms with E-state index < -0.39 is 0 Å². The highest BCUT2D eigenvalue weighted by Crippen LogP contribution is 2.38. The van der Waals surface area contributed by atoms with Crippen LogP contribution in [-0.2, 0) is 6.54 Å². The fraction of sp³-hybridized carbons (Fsp3) is 0.323. The predicted octanol–water partition coefficient (Wildman–Crippen LogP) is 7.79. The molecule has 7 heteroatoms. The van der Waals surface area contributed by atoms with Crippen LogP contribution in [0.15, 0.2) is 66.7 Å². The highest BCUT2D eigenvalue weighted by atomic mass is 35.5. The highest BCUT2D eigenvalue weighted by molar-refractivity contribution is 7.21. The lowest BCUT2D eigenvalue weighted by atomic mass is 9.93. The molecule has 0 spiro atoms. The van der Waals surface area contributed by atoms with E-state index in [0.29, 0.717) is 16.4 Å². The number of hydrogen-bond donors (Lipinski definition) is 1. The number of nitrogens with two attached hydrogens (primary N) is 1. The monoisotopic (exact) mass is 550 g/mol. The van der Waals surface area contributed by atoms with E-state index >= 15 is 0 Å². The lowest BCUT2D eigenvalue weighted by molar-refractivity contribution is 0.0618. The summed E-state index contributed by atoms with van der Waals surface area (Å²) >= 11 is 8.24. The number of nitrogens with zero attached hydrogens (tertiary/aromatic N) is 1. The van der Waals surface area contributed by atoms with Crippen LogP contribution < -0.4 is 15.2 Å². The second-order valence-electron chi connectivity index (χ2n) is 9.22. The molecule has 3 aromatic carbocycles. The van der Waals surface area contributed by atoms with Gasteiger partial charge in [0.2, 0.25) is 0 Å². The van der Waals surface area contributed by atoms with Gasteiger partial charge in [-0.25, -0.2) is 0 Å². The minimum Gasteiger partial charge on any atom is -0.497 e. The first-order chi connectivity index (χ1) is 18.6. The Balaban J connectivity index is 0.00000164. The fourth-order valence-electron chi connectivity index (χ4n) is 5.09. The molecule has 0 unspecified atom stereocenters. The fourth-order valence-corrected chi connectivity index (χ4v) is 6.56. The first-order valence-electron chi connectivity index (χ1n) is 13.0. The number of fused-ring (bicyclic) bond motifs is 1. The standard InChI is InChI=1S/C30H30ClNO3S.CH5N/c1-34-24-15-12-20(13-16-24)21-14-17-26(35-2)22(18-21)19-32(23-8-4-3-5-9-23)30(33)29-28(31)25-10-6-7-11-27(25)36-29;1-2/h6-7,10-18,23H,3-5,8-9,19H2,1-2H3;2H2,1H3. The Morgan fingerprint density at radius 2 is 1.63 bits per heavy atom. The maximum atomic E-state index is 14.1. The second-order valence-corrected chi connectivity index (χ2v) is 10.7. The van der Waals surface area contributed by atoms with E-state index in [-0.39, 0.29) is 11.9 Å². The number of halogens is 1. The van der Waals surface area contributed by atoms with E-state index in [1.54, 1.807) is 14.2 Å². The molecular formula is C31H35ClN2O3S. The molecule has 38 heavy (non-hydrogen) atoms. The van der Waals surface area contributed by atoms with Crippen molar-refractivity contribution in [1.82, 2.24) is 4.90 Å². The Morgan fingerprint density at radius 3 is 2.29 bits per heavy atom. The van der Waals surface area contributed by atoms with Gasteiger partial charge >= 0.3 is 0 Å². The van der Waals surface area contributed by atoms with Gasteiger partial charge in [0, 0.05) is 28.2 Å². The Morgan fingerprint density at radius 1 is 0.947 bits per heavy atom. The molecule has 1 heterocycles. The van der Waals surface area contributed by atoms with E-state index in [9.17, 15) is 4.79 Å². The molecule has 1 fully saturated rings. The maximum absolute atomic E-state index is 14.1. The average Bonchev–Trinajstić information content (AvgIpc) is 3.33. The summed E-state index contributed by atoms with van der Waals surface area (Å²) in [4.78, 5) is 16.7. The van der Waals surface area contributed by atoms with Gasteiger partial charge < -0.3 is 20.1 Å². The zero-order valence-corrected chi connectivity index (χ0v) is 23.8. The van der Waals surface area contributed by atoms with Crippen molar-refractivity contribution in [3.63, 3.8) is 0 Å². The third kappa shape index (κ3) is 5.98. The van der Waals surface area contributed by atoms with Crippen LogP contribution in [0.2, 0.25) is 5.02 Å². The van der Waals surface area contributed by atoms with Crippen molar-refractivity contribution in [3.05, 3.63) is 82.2 Å². The van der Waals surface area contributed by atoms with Crippen LogP contribution in [0.1, 0.15) is 47.3 Å². The lowest BCUT2D eigenvalue weighted by Crippen LogP contribution is -2.40. The van der Waals surface area contributed by atoms with Gasteiger partial charge in [-0.2, -0.15) is 0 Å². The summed E-state index contributed by atoms with van der Waals surface area (Å²) < 4.78 is 12.1. The number of hydrogen-bond acceptors (Lipinski definition) is 5. The Bertz CT molecular complexity index is 1360. The number of rotatable bonds is 7. The van der Waals surface area contributed by atoms with Crippen LogP contribution in [0, 0.1) is 0 Å². The Kier molecular flexibility index (Phi) is 9.67. The zero-order valence-electron chi connectivity index (χ0n) is 22.2. The van der Waals surface area contributed by atoms with Crippen molar-refractivity contribution >= 4 is 38.9 Å². The van der Waals surface area contributed by atoms with Crippen LogP contribution in [0.4, 0.5) is 0 Å². The van der Waals surface area contributed by atoms with Crippen molar-refractivity contribution in [2.24, 2.45) is 5.73 Å². The van der Waals surface area contributed by atoms with Crippen molar-refractivity contribution < 1.29 is 14.3 Å². The molecule has 1 aliphatic rings. The molecule has 2 N–H and O–H groups in total. The summed E-state index contributed by atoms with van der Waals surface area (Å²) in [5.74, 6) is 1.61. The first-order valence-corrected chi connectivity index (χ1v) is 14.2. The minimum absolute atomic E-state index is 0.00463. The smallest absolute Gasteiger partial charge is 0.266 e. The maximum Gasteiger partial charge on any atom is 0.266 e. The molecule has 0 aliphatic heterocycles. The molecular weight excluding hydrogens is 516 g/mol. The van der Waals surface area contributed by atoms with Gasteiger partial charge in [0.05, 0.1) is 19.2 Å². The molecule has 5 nitrogen and oxygen atoms in total. The van der Waals surface area contributed by atoms with Gasteiger partial charge in [-0.05, 0) is 61.3 Å². The molecule has 1 aromatic heterocycles. The summed E-state index contributed by atoms with van der Waals surface area (Å²) in [5, 5.41) is 1.50. The third-order valence-corrected chi connectivity index (χ3v) is 8.71. The predicted molar refractivity (Wildman–Crippen MR) is 159 cm³/mol. The molecule has 1 amide bonds. The number of carbonyl (C=O) groups excluding carboxylic acids is 1. The largest absolute Gasteiger partial charge is 0.497 e. The van der Waals surface area contributed by atoms with E-state index in [2.05, 4.69) is 17.9 Å². The topological polar surface area (TPSA) is 64.8 Å². The Hall–Kier alpha value is -3.06. The van der Waals surface area contributed by atoms with Crippen LogP contribution in [0.3, 0.4) is 0 Å². The lowest BCUT2D eigenvalue weighted by Gasteiger charge is -2.34. The van der Waals surface area contributed by atoms with Crippen molar-refractivity contribution in [1.29, 1.82) is 0 Å². The summed E-state index contributed by atoms with van der Waals surface area (Å²) in [5.41, 5.74) is 7.65. The summed E-state index contributed by atoms with van der Waals surface area (Å²) in [7, 11) is 4.85. The van der Waals surface area contributed by atoms with Gasteiger partial charge in [0.1, 0.15) is 16.4 Å². The van der Waals surface area contributed by atoms with Crippen LogP contribution in [-0.4, -0.2) is 38.1 Å². The SMILES string of the molecule is CN.COc1ccc(-c2ccc(OC)c(CN(C(=O)c3sc4ccccc4c3Cl)C3CCCCC3)c2)cc1. The molecule has 5 rings (SSSR count). The van der Waals surface area contributed by atoms with Gasteiger partial charge in [-0.15, -0.1) is 11.3 Å². The quantitative estimate of drug-likeness (QED) is 0.255. The zero-order chi connectivity index (χ0) is 27.1. The summed E-state index contributed by atoms with van der Waals surface area (Å²) in [6.45, 7) is 0.473. The van der Waals surface area contributed by atoms with Crippen molar-refractivity contribution in [2.75, 3.05) is 21.3 Å². The number of ether oxygens (including phenoxy) is 2.